The largest absolute Gasteiger partial charge is 0.247 e. The lowest BCUT2D eigenvalue weighted by molar-refractivity contribution is 0.329. The molecule has 0 aromatic heterocycles. The quantitative estimate of drug-likeness (QED) is 0.390. The fourth-order valence-corrected chi connectivity index (χ4v) is 2.51. The van der Waals surface area contributed by atoms with E-state index in [-0.39, 0.29) is 22.1 Å². The van der Waals surface area contributed by atoms with Crippen LogP contribution in [0.25, 0.3) is 0 Å². The van der Waals surface area contributed by atoms with Crippen LogP contribution < -0.4 is 0 Å². The Hall–Kier alpha value is -1.09. The van der Waals surface area contributed by atoms with Crippen molar-refractivity contribution < 1.29 is 8.78 Å². The van der Waals surface area contributed by atoms with Crippen molar-refractivity contribution in [3.05, 3.63) is 41.9 Å². The van der Waals surface area contributed by atoms with Gasteiger partial charge in [-0.05, 0) is 39.2 Å². The molecule has 19 heavy (non-hydrogen) atoms. The lowest BCUT2D eigenvalue weighted by Gasteiger charge is -2.31. The Balaban J connectivity index is 2.13. The Kier molecular flexibility index (Phi) is 4.14. The molecule has 1 fully saturated rings. The van der Waals surface area contributed by atoms with Crippen molar-refractivity contribution in [3.8, 4) is 0 Å². The Bertz CT molecular complexity index is 457. The molecule has 2 aliphatic carbocycles. The summed E-state index contributed by atoms with van der Waals surface area (Å²) in [5.41, 5.74) is -0.208. The normalized spacial score (nSPS) is 32.5. The van der Waals surface area contributed by atoms with Crippen LogP contribution in [0.1, 0.15) is 32.6 Å². The lowest BCUT2D eigenvalue weighted by Crippen LogP contribution is -2.29. The van der Waals surface area contributed by atoms with E-state index in [1.807, 2.05) is 6.92 Å². The molecular formula is C15H17ClF2N+. The zero-order valence-corrected chi connectivity index (χ0v) is 11.7. The Morgan fingerprint density at radius 1 is 1.47 bits per heavy atom. The predicted octanol–water partition coefficient (Wildman–Crippen LogP) is 4.85. The minimum absolute atomic E-state index is 0.110. The van der Waals surface area contributed by atoms with Crippen LogP contribution in [0, 0.1) is 6.17 Å². The number of halogens is 3. The van der Waals surface area contributed by atoms with Crippen LogP contribution >= 0.6 is 11.6 Å². The minimum atomic E-state index is -0.640. The molecule has 0 aromatic rings. The molecule has 0 radical (unpaired) electrons. The second-order valence-electron chi connectivity index (χ2n) is 5.36. The van der Waals surface area contributed by atoms with Gasteiger partial charge in [-0.25, -0.2) is 4.99 Å². The smallest absolute Gasteiger partial charge is 0.223 e. The molecule has 0 atom stereocenters. The molecule has 0 unspecified atom stereocenters. The lowest BCUT2D eigenvalue weighted by atomic mass is 9.83. The van der Waals surface area contributed by atoms with Gasteiger partial charge in [0, 0.05) is 17.5 Å². The van der Waals surface area contributed by atoms with Crippen molar-refractivity contribution >= 4 is 17.8 Å². The monoisotopic (exact) mass is 284 g/mol. The van der Waals surface area contributed by atoms with Crippen LogP contribution in [0.15, 0.2) is 40.7 Å². The molecule has 2 rings (SSSR count). The molecular weight excluding hydrogens is 268 g/mol. The molecule has 102 valence electrons. The van der Waals surface area contributed by atoms with Gasteiger partial charge in [-0.1, -0.05) is 0 Å². The number of allylic oxidation sites excluding steroid dienone is 5. The SMILES string of the molecule is C=C1C=CC(F)=C(C=NC2(C)CCC(Cl)CC2)[C+]1F. The average Bonchev–Trinajstić information content (AvgIpc) is 2.38. The highest BCUT2D eigenvalue weighted by Crippen LogP contribution is 2.35. The van der Waals surface area contributed by atoms with E-state index in [1.165, 1.54) is 18.4 Å². The third-order valence-corrected chi connectivity index (χ3v) is 4.14. The van der Waals surface area contributed by atoms with Crippen LogP contribution in [0.3, 0.4) is 0 Å². The van der Waals surface area contributed by atoms with Crippen molar-refractivity contribution in [3.63, 3.8) is 0 Å². The van der Waals surface area contributed by atoms with Crippen molar-refractivity contribution in [2.75, 3.05) is 0 Å². The molecule has 0 aliphatic heterocycles. The summed E-state index contributed by atoms with van der Waals surface area (Å²) < 4.78 is 27.4. The van der Waals surface area contributed by atoms with Gasteiger partial charge in [0.05, 0.1) is 11.8 Å². The van der Waals surface area contributed by atoms with Crippen LogP contribution in [0.4, 0.5) is 8.78 Å². The molecule has 0 bridgehead atoms. The van der Waals surface area contributed by atoms with E-state index in [1.54, 1.807) is 0 Å². The van der Waals surface area contributed by atoms with Gasteiger partial charge >= 0.3 is 0 Å². The molecule has 1 saturated carbocycles. The van der Waals surface area contributed by atoms with Crippen molar-refractivity contribution in [1.29, 1.82) is 0 Å². The van der Waals surface area contributed by atoms with Gasteiger partial charge in [-0.2, -0.15) is 8.78 Å². The molecule has 2 aliphatic rings. The summed E-state index contributed by atoms with van der Waals surface area (Å²) in [4.78, 5) is 4.39. The number of nitrogens with zero attached hydrogens (tertiary/aromatic N) is 1. The standard InChI is InChI=1S/C15H17ClF2N/c1-10-3-4-13(17)12(14(10)18)9-19-15(2)7-5-11(16)6-8-15/h3-4,9,11H,1,5-8H2,2H3/q+1. The van der Waals surface area contributed by atoms with Crippen LogP contribution in [0.2, 0.25) is 0 Å². The van der Waals surface area contributed by atoms with Crippen LogP contribution in [-0.4, -0.2) is 17.1 Å². The van der Waals surface area contributed by atoms with Crippen molar-refractivity contribution in [2.24, 2.45) is 4.99 Å². The Morgan fingerprint density at radius 2 is 2.11 bits per heavy atom. The highest BCUT2D eigenvalue weighted by Gasteiger charge is 2.33. The second kappa shape index (κ2) is 5.49. The first-order chi connectivity index (χ1) is 8.91. The fourth-order valence-electron chi connectivity index (χ4n) is 2.29. The van der Waals surface area contributed by atoms with E-state index in [0.717, 1.165) is 25.7 Å². The van der Waals surface area contributed by atoms with E-state index in [9.17, 15) is 8.78 Å². The first kappa shape index (κ1) is 14.3. The molecule has 0 spiro atoms. The van der Waals surface area contributed by atoms with Gasteiger partial charge in [0.2, 0.25) is 12.0 Å². The Morgan fingerprint density at radius 3 is 2.74 bits per heavy atom. The first-order valence-electron chi connectivity index (χ1n) is 6.40. The minimum Gasteiger partial charge on any atom is -0.247 e. The van der Waals surface area contributed by atoms with Crippen molar-refractivity contribution in [2.45, 2.75) is 43.5 Å². The zero-order chi connectivity index (χ0) is 14.0. The predicted molar refractivity (Wildman–Crippen MR) is 75.8 cm³/mol. The maximum Gasteiger partial charge on any atom is 0.223 e. The van der Waals surface area contributed by atoms with Gasteiger partial charge in [0.15, 0.2) is 5.57 Å². The second-order valence-corrected chi connectivity index (χ2v) is 5.98. The molecule has 0 N–H and O–H groups in total. The van der Waals surface area contributed by atoms with Crippen LogP contribution in [-0.2, 0) is 0 Å². The third-order valence-electron chi connectivity index (χ3n) is 3.70. The van der Waals surface area contributed by atoms with Crippen LogP contribution in [0.5, 0.6) is 0 Å². The van der Waals surface area contributed by atoms with E-state index < -0.39 is 12.0 Å². The van der Waals surface area contributed by atoms with E-state index in [2.05, 4.69) is 11.6 Å². The maximum absolute atomic E-state index is 13.8. The Labute approximate surface area is 117 Å². The zero-order valence-electron chi connectivity index (χ0n) is 10.9. The maximum atomic E-state index is 13.8. The number of hydrogen-bond acceptors (Lipinski definition) is 1. The molecule has 1 nitrogen and oxygen atoms in total. The van der Waals surface area contributed by atoms with E-state index >= 15 is 0 Å². The third kappa shape index (κ3) is 3.27. The average molecular weight is 285 g/mol. The molecule has 0 aromatic carbocycles. The van der Waals surface area contributed by atoms with Gasteiger partial charge in [-0.15, -0.1) is 11.6 Å². The fraction of sp³-hybridized carbons (Fsp3) is 0.467. The molecule has 4 heteroatoms. The van der Waals surface area contributed by atoms with E-state index in [0.29, 0.717) is 0 Å². The number of alkyl halides is 1. The van der Waals surface area contributed by atoms with Gasteiger partial charge in [0.25, 0.3) is 0 Å². The number of hydrogen-bond donors (Lipinski definition) is 0. The summed E-state index contributed by atoms with van der Waals surface area (Å²) in [6.45, 7) is 5.52. The van der Waals surface area contributed by atoms with Gasteiger partial charge in [0.1, 0.15) is 5.57 Å². The summed E-state index contributed by atoms with van der Waals surface area (Å²) in [5, 5.41) is 0.194. The number of aliphatic imine (C=N–C) groups is 1. The first-order valence-corrected chi connectivity index (χ1v) is 6.84. The summed E-state index contributed by atoms with van der Waals surface area (Å²) in [5.74, 6) is -0.608. The molecule has 0 heterocycles. The molecule has 0 amide bonds. The van der Waals surface area contributed by atoms with E-state index in [4.69, 9.17) is 11.6 Å². The highest BCUT2D eigenvalue weighted by molar-refractivity contribution is 6.20. The topological polar surface area (TPSA) is 12.4 Å². The van der Waals surface area contributed by atoms with Crippen molar-refractivity contribution in [1.82, 2.24) is 0 Å². The molecule has 0 saturated heterocycles. The summed E-state index contributed by atoms with van der Waals surface area (Å²) >= 11 is 6.05. The van der Waals surface area contributed by atoms with Gasteiger partial charge in [-0.3, -0.25) is 0 Å². The van der Waals surface area contributed by atoms with Gasteiger partial charge < -0.3 is 0 Å². The summed E-state index contributed by atoms with van der Waals surface area (Å²) in [7, 11) is 0. The number of rotatable bonds is 2. The summed E-state index contributed by atoms with van der Waals surface area (Å²) in [6, 6.07) is 0. The summed E-state index contributed by atoms with van der Waals surface area (Å²) in [6.07, 6.45) is 6.64. The highest BCUT2D eigenvalue weighted by atomic mass is 35.5.